The van der Waals surface area contributed by atoms with Gasteiger partial charge in [-0.05, 0) is 31.2 Å². The summed E-state index contributed by atoms with van der Waals surface area (Å²) in [5, 5.41) is 6.40. The van der Waals surface area contributed by atoms with Crippen molar-refractivity contribution in [2.24, 2.45) is 11.8 Å². The predicted octanol–water partition coefficient (Wildman–Crippen LogP) is 1.54. The second-order valence-electron chi connectivity index (χ2n) is 5.08. The molecule has 0 aromatic carbocycles. The van der Waals surface area contributed by atoms with Gasteiger partial charge in [-0.15, -0.1) is 0 Å². The fourth-order valence-electron chi connectivity index (χ4n) is 1.98. The zero-order valence-electron chi connectivity index (χ0n) is 10.2. The Bertz CT molecular complexity index is 204. The third-order valence-electron chi connectivity index (χ3n) is 3.04. The van der Waals surface area contributed by atoms with E-state index in [0.717, 1.165) is 13.1 Å². The monoisotopic (exact) mass is 212 g/mol. The highest BCUT2D eigenvalue weighted by atomic mass is 16.1. The summed E-state index contributed by atoms with van der Waals surface area (Å²) in [6, 6.07) is 0.380. The van der Waals surface area contributed by atoms with Crippen LogP contribution in [0.1, 0.15) is 40.0 Å². The first kappa shape index (κ1) is 12.5. The largest absolute Gasteiger partial charge is 0.356 e. The van der Waals surface area contributed by atoms with E-state index in [9.17, 15) is 4.79 Å². The second-order valence-corrected chi connectivity index (χ2v) is 5.08. The van der Waals surface area contributed by atoms with E-state index in [1.807, 2.05) is 0 Å². The summed E-state index contributed by atoms with van der Waals surface area (Å²) < 4.78 is 0. The number of piperidine rings is 1. The summed E-state index contributed by atoms with van der Waals surface area (Å²) in [7, 11) is 0. The molecule has 0 aliphatic carbocycles. The Balaban J connectivity index is 2.24. The van der Waals surface area contributed by atoms with E-state index >= 15 is 0 Å². The number of carbonyl (C=O) groups is 1. The highest BCUT2D eigenvalue weighted by Gasteiger charge is 2.22. The van der Waals surface area contributed by atoms with Crippen LogP contribution in [-0.2, 0) is 4.79 Å². The molecule has 1 rings (SSSR count). The number of hydrogen-bond donors (Lipinski definition) is 2. The SMILES string of the molecule is CC(C)CNC(=O)CC1NCCCC1C. The minimum absolute atomic E-state index is 0.190. The molecular formula is C12H24N2O. The number of carbonyl (C=O) groups excluding carboxylic acids is 1. The van der Waals surface area contributed by atoms with E-state index in [0.29, 0.717) is 24.3 Å². The molecule has 0 aromatic rings. The summed E-state index contributed by atoms with van der Waals surface area (Å²) in [4.78, 5) is 11.6. The smallest absolute Gasteiger partial charge is 0.221 e. The maximum Gasteiger partial charge on any atom is 0.221 e. The molecule has 1 aliphatic heterocycles. The Morgan fingerprint density at radius 1 is 1.53 bits per heavy atom. The van der Waals surface area contributed by atoms with Crippen molar-refractivity contribution in [3.63, 3.8) is 0 Å². The molecule has 0 aromatic heterocycles. The minimum Gasteiger partial charge on any atom is -0.356 e. The molecule has 0 spiro atoms. The molecule has 0 bridgehead atoms. The first-order chi connectivity index (χ1) is 7.09. The van der Waals surface area contributed by atoms with E-state index in [1.54, 1.807) is 0 Å². The van der Waals surface area contributed by atoms with Gasteiger partial charge in [0.25, 0.3) is 0 Å². The van der Waals surface area contributed by atoms with Gasteiger partial charge in [-0.25, -0.2) is 0 Å². The molecule has 1 fully saturated rings. The van der Waals surface area contributed by atoms with E-state index in [1.165, 1.54) is 12.8 Å². The van der Waals surface area contributed by atoms with Crippen molar-refractivity contribution in [3.8, 4) is 0 Å². The van der Waals surface area contributed by atoms with Crippen molar-refractivity contribution in [2.45, 2.75) is 46.1 Å². The third-order valence-corrected chi connectivity index (χ3v) is 3.04. The molecule has 1 heterocycles. The van der Waals surface area contributed by atoms with E-state index in [-0.39, 0.29) is 5.91 Å². The predicted molar refractivity (Wildman–Crippen MR) is 62.7 cm³/mol. The molecule has 2 unspecified atom stereocenters. The highest BCUT2D eigenvalue weighted by Crippen LogP contribution is 2.17. The number of amides is 1. The molecular weight excluding hydrogens is 188 g/mol. The van der Waals surface area contributed by atoms with Crippen LogP contribution in [0.25, 0.3) is 0 Å². The summed E-state index contributed by atoms with van der Waals surface area (Å²) in [5.41, 5.74) is 0. The first-order valence-corrected chi connectivity index (χ1v) is 6.09. The van der Waals surface area contributed by atoms with Crippen LogP contribution in [0.15, 0.2) is 0 Å². The average Bonchev–Trinajstić information content (AvgIpc) is 2.18. The molecule has 1 saturated heterocycles. The zero-order valence-corrected chi connectivity index (χ0v) is 10.2. The molecule has 1 aliphatic rings. The van der Waals surface area contributed by atoms with Gasteiger partial charge in [-0.3, -0.25) is 4.79 Å². The minimum atomic E-state index is 0.190. The molecule has 2 atom stereocenters. The van der Waals surface area contributed by atoms with Crippen LogP contribution in [0, 0.1) is 11.8 Å². The molecule has 0 radical (unpaired) electrons. The molecule has 3 heteroatoms. The van der Waals surface area contributed by atoms with Crippen LogP contribution < -0.4 is 10.6 Å². The third kappa shape index (κ3) is 4.65. The quantitative estimate of drug-likeness (QED) is 0.742. The van der Waals surface area contributed by atoms with Crippen molar-refractivity contribution < 1.29 is 4.79 Å². The summed E-state index contributed by atoms with van der Waals surface area (Å²) in [5.74, 6) is 1.35. The van der Waals surface area contributed by atoms with E-state index in [2.05, 4.69) is 31.4 Å². The Morgan fingerprint density at radius 3 is 2.87 bits per heavy atom. The Kier molecular flexibility index (Phi) is 5.09. The van der Waals surface area contributed by atoms with Gasteiger partial charge in [-0.2, -0.15) is 0 Å². The van der Waals surface area contributed by atoms with E-state index < -0.39 is 0 Å². The normalized spacial score (nSPS) is 26.7. The van der Waals surface area contributed by atoms with Crippen molar-refractivity contribution in [1.29, 1.82) is 0 Å². The van der Waals surface area contributed by atoms with Gasteiger partial charge in [0.2, 0.25) is 5.91 Å². The lowest BCUT2D eigenvalue weighted by molar-refractivity contribution is -0.122. The number of hydrogen-bond acceptors (Lipinski definition) is 2. The maximum absolute atomic E-state index is 11.6. The molecule has 15 heavy (non-hydrogen) atoms. The van der Waals surface area contributed by atoms with Crippen molar-refractivity contribution in [2.75, 3.05) is 13.1 Å². The fraction of sp³-hybridized carbons (Fsp3) is 0.917. The topological polar surface area (TPSA) is 41.1 Å². The van der Waals surface area contributed by atoms with Gasteiger partial charge in [0.15, 0.2) is 0 Å². The standard InChI is InChI=1S/C12H24N2O/c1-9(2)8-14-12(15)7-11-10(3)5-4-6-13-11/h9-11,13H,4-8H2,1-3H3,(H,14,15). The molecule has 3 nitrogen and oxygen atoms in total. The summed E-state index contributed by atoms with van der Waals surface area (Å²) >= 11 is 0. The maximum atomic E-state index is 11.6. The van der Waals surface area contributed by atoms with Crippen LogP contribution >= 0.6 is 0 Å². The van der Waals surface area contributed by atoms with Crippen LogP contribution in [-0.4, -0.2) is 25.0 Å². The molecule has 2 N–H and O–H groups in total. The average molecular weight is 212 g/mol. The first-order valence-electron chi connectivity index (χ1n) is 6.09. The molecule has 88 valence electrons. The van der Waals surface area contributed by atoms with Crippen molar-refractivity contribution >= 4 is 5.91 Å². The Labute approximate surface area is 93.0 Å². The zero-order chi connectivity index (χ0) is 11.3. The van der Waals surface area contributed by atoms with Gasteiger partial charge in [0.1, 0.15) is 0 Å². The lowest BCUT2D eigenvalue weighted by atomic mass is 9.90. The highest BCUT2D eigenvalue weighted by molar-refractivity contribution is 5.76. The van der Waals surface area contributed by atoms with Crippen LogP contribution in [0.2, 0.25) is 0 Å². The number of rotatable bonds is 4. The summed E-state index contributed by atoms with van der Waals surface area (Å²) in [6.45, 7) is 8.31. The van der Waals surface area contributed by atoms with Crippen molar-refractivity contribution in [1.82, 2.24) is 10.6 Å². The van der Waals surface area contributed by atoms with Crippen LogP contribution in [0.3, 0.4) is 0 Å². The Hall–Kier alpha value is -0.570. The van der Waals surface area contributed by atoms with Gasteiger partial charge >= 0.3 is 0 Å². The lowest BCUT2D eigenvalue weighted by Crippen LogP contribution is -2.43. The second kappa shape index (κ2) is 6.11. The van der Waals surface area contributed by atoms with Crippen LogP contribution in [0.4, 0.5) is 0 Å². The van der Waals surface area contributed by atoms with Crippen LogP contribution in [0.5, 0.6) is 0 Å². The lowest BCUT2D eigenvalue weighted by Gasteiger charge is -2.29. The van der Waals surface area contributed by atoms with Gasteiger partial charge in [0, 0.05) is 19.0 Å². The van der Waals surface area contributed by atoms with Gasteiger partial charge in [0.05, 0.1) is 0 Å². The Morgan fingerprint density at radius 2 is 2.27 bits per heavy atom. The fourth-order valence-corrected chi connectivity index (χ4v) is 1.98. The van der Waals surface area contributed by atoms with Crippen molar-refractivity contribution in [3.05, 3.63) is 0 Å². The molecule has 1 amide bonds. The van der Waals surface area contributed by atoms with Gasteiger partial charge < -0.3 is 10.6 Å². The van der Waals surface area contributed by atoms with Gasteiger partial charge in [-0.1, -0.05) is 20.8 Å². The number of nitrogens with one attached hydrogen (secondary N) is 2. The van der Waals surface area contributed by atoms with E-state index in [4.69, 9.17) is 0 Å². The summed E-state index contributed by atoms with van der Waals surface area (Å²) in [6.07, 6.45) is 3.12. The molecule has 0 saturated carbocycles.